The predicted molar refractivity (Wildman–Crippen MR) is 75.5 cm³/mol. The van der Waals surface area contributed by atoms with Gasteiger partial charge in [0.05, 0.1) is 10.8 Å². The molecule has 0 radical (unpaired) electrons. The summed E-state index contributed by atoms with van der Waals surface area (Å²) in [6, 6.07) is 7.93. The van der Waals surface area contributed by atoms with Crippen molar-refractivity contribution in [3.05, 3.63) is 40.8 Å². The van der Waals surface area contributed by atoms with Crippen LogP contribution in [0.4, 0.5) is 0 Å². The van der Waals surface area contributed by atoms with Gasteiger partial charge in [-0.3, -0.25) is 0 Å². The topological polar surface area (TPSA) is 17.1 Å². The number of unbranched alkanes of at least 4 members (excludes halogenated alkanes) is 1. The standard InChI is InChI=1S/C15H22OS/c1-4-6-7-14(5-2)12-17(16)15-10-8-13(3)9-11-15/h8-12H,4-7H2,1-3H3/b14-12-/t17-/m1/s1. The second-order valence-electron chi connectivity index (χ2n) is 4.34. The first-order valence-electron chi connectivity index (χ1n) is 6.34. The molecular weight excluding hydrogens is 228 g/mol. The summed E-state index contributed by atoms with van der Waals surface area (Å²) < 4.78 is 12.1. The van der Waals surface area contributed by atoms with E-state index in [0.717, 1.165) is 17.7 Å². The Balaban J connectivity index is 2.74. The molecule has 0 saturated carbocycles. The Morgan fingerprint density at radius 2 is 1.88 bits per heavy atom. The number of hydrogen-bond acceptors (Lipinski definition) is 1. The minimum atomic E-state index is -0.987. The zero-order chi connectivity index (χ0) is 12.7. The van der Waals surface area contributed by atoms with E-state index >= 15 is 0 Å². The second-order valence-corrected chi connectivity index (χ2v) is 5.65. The third-order valence-electron chi connectivity index (χ3n) is 2.83. The first kappa shape index (κ1) is 14.2. The van der Waals surface area contributed by atoms with Gasteiger partial charge in [-0.05, 0) is 38.3 Å². The molecular formula is C15H22OS. The first-order chi connectivity index (χ1) is 8.17. The molecule has 0 aromatic heterocycles. The molecule has 0 aliphatic carbocycles. The second kappa shape index (κ2) is 7.44. The summed E-state index contributed by atoms with van der Waals surface area (Å²) in [5.41, 5.74) is 2.52. The highest BCUT2D eigenvalue weighted by Crippen LogP contribution is 2.16. The highest BCUT2D eigenvalue weighted by atomic mass is 32.2. The highest BCUT2D eigenvalue weighted by molar-refractivity contribution is 7.88. The van der Waals surface area contributed by atoms with Crippen molar-refractivity contribution in [2.75, 3.05) is 0 Å². The normalized spacial score (nSPS) is 13.7. The van der Waals surface area contributed by atoms with Gasteiger partial charge in [0.2, 0.25) is 0 Å². The van der Waals surface area contributed by atoms with Gasteiger partial charge in [0.15, 0.2) is 0 Å². The van der Waals surface area contributed by atoms with Crippen molar-refractivity contribution in [1.82, 2.24) is 0 Å². The van der Waals surface area contributed by atoms with Crippen LogP contribution in [0.5, 0.6) is 0 Å². The Hall–Kier alpha value is -0.890. The molecule has 0 aliphatic rings. The van der Waals surface area contributed by atoms with Crippen LogP contribution in [0.1, 0.15) is 45.1 Å². The molecule has 0 fully saturated rings. The van der Waals surface area contributed by atoms with Crippen LogP contribution in [-0.4, -0.2) is 4.21 Å². The molecule has 0 saturated heterocycles. The van der Waals surface area contributed by atoms with E-state index in [-0.39, 0.29) is 0 Å². The molecule has 1 rings (SSSR count). The molecule has 1 aromatic rings. The smallest absolute Gasteiger partial charge is 0.0775 e. The van der Waals surface area contributed by atoms with Crippen LogP contribution in [-0.2, 0) is 10.8 Å². The molecule has 17 heavy (non-hydrogen) atoms. The number of hydrogen-bond donors (Lipinski definition) is 0. The summed E-state index contributed by atoms with van der Waals surface area (Å²) in [4.78, 5) is 0.901. The van der Waals surface area contributed by atoms with E-state index < -0.39 is 10.8 Å². The molecule has 0 bridgehead atoms. The van der Waals surface area contributed by atoms with E-state index in [9.17, 15) is 4.21 Å². The summed E-state index contributed by atoms with van der Waals surface area (Å²) in [5.74, 6) is 0. The summed E-state index contributed by atoms with van der Waals surface area (Å²) >= 11 is 0. The summed E-state index contributed by atoms with van der Waals surface area (Å²) in [5, 5.41) is 1.93. The van der Waals surface area contributed by atoms with Crippen molar-refractivity contribution < 1.29 is 4.21 Å². The molecule has 0 N–H and O–H groups in total. The van der Waals surface area contributed by atoms with Gasteiger partial charge < -0.3 is 0 Å². The van der Waals surface area contributed by atoms with E-state index in [2.05, 4.69) is 13.8 Å². The molecule has 1 atom stereocenters. The average Bonchev–Trinajstić information content (AvgIpc) is 2.35. The predicted octanol–water partition coefficient (Wildman–Crippen LogP) is 4.59. The zero-order valence-corrected chi connectivity index (χ0v) is 11.8. The fraction of sp³-hybridized carbons (Fsp3) is 0.467. The number of benzene rings is 1. The van der Waals surface area contributed by atoms with Gasteiger partial charge >= 0.3 is 0 Å². The van der Waals surface area contributed by atoms with Gasteiger partial charge in [-0.1, -0.05) is 43.5 Å². The lowest BCUT2D eigenvalue weighted by Crippen LogP contribution is -1.90. The molecule has 0 unspecified atom stereocenters. The Labute approximate surface area is 107 Å². The van der Waals surface area contributed by atoms with Crippen LogP contribution in [0.25, 0.3) is 0 Å². The Bertz CT molecular complexity index is 390. The van der Waals surface area contributed by atoms with Crippen LogP contribution in [0.15, 0.2) is 40.1 Å². The maximum absolute atomic E-state index is 12.1. The van der Waals surface area contributed by atoms with Crippen molar-refractivity contribution in [1.29, 1.82) is 0 Å². The van der Waals surface area contributed by atoms with Gasteiger partial charge in [-0.25, -0.2) is 4.21 Å². The Morgan fingerprint density at radius 1 is 1.24 bits per heavy atom. The summed E-state index contributed by atoms with van der Waals surface area (Å²) in [7, 11) is -0.987. The van der Waals surface area contributed by atoms with E-state index in [1.807, 2.05) is 36.6 Å². The van der Waals surface area contributed by atoms with Crippen LogP contribution in [0.2, 0.25) is 0 Å². The number of allylic oxidation sites excluding steroid dienone is 1. The van der Waals surface area contributed by atoms with E-state index in [1.54, 1.807) is 0 Å². The van der Waals surface area contributed by atoms with Gasteiger partial charge in [0.25, 0.3) is 0 Å². The van der Waals surface area contributed by atoms with Crippen molar-refractivity contribution in [3.63, 3.8) is 0 Å². The van der Waals surface area contributed by atoms with Crippen LogP contribution in [0.3, 0.4) is 0 Å². The molecule has 1 nitrogen and oxygen atoms in total. The minimum Gasteiger partial charge on any atom is -0.250 e. The first-order valence-corrected chi connectivity index (χ1v) is 7.55. The lowest BCUT2D eigenvalue weighted by atomic mass is 10.1. The maximum atomic E-state index is 12.1. The highest BCUT2D eigenvalue weighted by Gasteiger charge is 2.02. The third kappa shape index (κ3) is 4.86. The fourth-order valence-corrected chi connectivity index (χ4v) is 2.74. The number of aryl methyl sites for hydroxylation is 1. The fourth-order valence-electron chi connectivity index (χ4n) is 1.61. The van der Waals surface area contributed by atoms with Gasteiger partial charge in [-0.2, -0.15) is 0 Å². The van der Waals surface area contributed by atoms with Crippen molar-refractivity contribution in [3.8, 4) is 0 Å². The zero-order valence-electron chi connectivity index (χ0n) is 11.0. The van der Waals surface area contributed by atoms with Gasteiger partial charge in [0.1, 0.15) is 0 Å². The quantitative estimate of drug-likeness (QED) is 0.722. The van der Waals surface area contributed by atoms with Crippen molar-refractivity contribution >= 4 is 10.8 Å². The van der Waals surface area contributed by atoms with Gasteiger partial charge in [0, 0.05) is 10.3 Å². The molecule has 0 aliphatic heterocycles. The lowest BCUT2D eigenvalue weighted by Gasteiger charge is -2.04. The molecule has 94 valence electrons. The minimum absolute atomic E-state index is 0.901. The van der Waals surface area contributed by atoms with Crippen LogP contribution >= 0.6 is 0 Å². The van der Waals surface area contributed by atoms with Crippen molar-refractivity contribution in [2.24, 2.45) is 0 Å². The lowest BCUT2D eigenvalue weighted by molar-refractivity contribution is 0.687. The summed E-state index contributed by atoms with van der Waals surface area (Å²) in [6.07, 6.45) is 4.45. The molecule has 0 amide bonds. The van der Waals surface area contributed by atoms with Crippen LogP contribution < -0.4 is 0 Å². The molecule has 0 spiro atoms. The number of rotatable bonds is 6. The largest absolute Gasteiger partial charge is 0.250 e. The monoisotopic (exact) mass is 250 g/mol. The van der Waals surface area contributed by atoms with E-state index in [4.69, 9.17) is 0 Å². The van der Waals surface area contributed by atoms with E-state index in [0.29, 0.717) is 0 Å². The van der Waals surface area contributed by atoms with Gasteiger partial charge in [-0.15, -0.1) is 0 Å². The maximum Gasteiger partial charge on any atom is 0.0775 e. The SMILES string of the molecule is CCCC/C(=C\[S@@](=O)c1ccc(C)cc1)CC. The van der Waals surface area contributed by atoms with E-state index in [1.165, 1.54) is 24.0 Å². The molecule has 1 aromatic carbocycles. The average molecular weight is 250 g/mol. The van der Waals surface area contributed by atoms with Crippen LogP contribution in [0, 0.1) is 6.92 Å². The third-order valence-corrected chi connectivity index (χ3v) is 4.12. The van der Waals surface area contributed by atoms with Crippen molar-refractivity contribution in [2.45, 2.75) is 51.3 Å². The molecule has 0 heterocycles. The Kier molecular flexibility index (Phi) is 6.20. The Morgan fingerprint density at radius 3 is 2.41 bits per heavy atom. The summed E-state index contributed by atoms with van der Waals surface area (Å²) in [6.45, 7) is 6.36. The molecule has 2 heteroatoms.